The van der Waals surface area contributed by atoms with E-state index in [0.717, 1.165) is 15.0 Å². The van der Waals surface area contributed by atoms with Gasteiger partial charge in [-0.2, -0.15) is 0 Å². The Morgan fingerprint density at radius 1 is 1.14 bits per heavy atom. The molecule has 0 saturated carbocycles. The van der Waals surface area contributed by atoms with Crippen molar-refractivity contribution in [3.63, 3.8) is 0 Å². The number of nitrogens with zero attached hydrogens (tertiary/aromatic N) is 2. The summed E-state index contributed by atoms with van der Waals surface area (Å²) in [6.45, 7) is 3.58. The molecule has 0 bridgehead atoms. The third-order valence-corrected chi connectivity index (χ3v) is 6.33. The summed E-state index contributed by atoms with van der Waals surface area (Å²) >= 11 is 4.69. The summed E-state index contributed by atoms with van der Waals surface area (Å²) in [7, 11) is 0. The van der Waals surface area contributed by atoms with E-state index in [0.29, 0.717) is 16.3 Å². The number of amides is 1. The summed E-state index contributed by atoms with van der Waals surface area (Å²) in [5.41, 5.74) is 2.00. The quantitative estimate of drug-likeness (QED) is 0.526. The Morgan fingerprint density at radius 3 is 2.48 bits per heavy atom. The van der Waals surface area contributed by atoms with E-state index in [1.807, 2.05) is 49.4 Å². The number of Topliss-reactive ketones (excluding diaryl/α,β-unsaturated/α-hetero) is 1. The van der Waals surface area contributed by atoms with Gasteiger partial charge in [0.2, 0.25) is 5.78 Å². The summed E-state index contributed by atoms with van der Waals surface area (Å²) in [6.07, 6.45) is 0. The van der Waals surface area contributed by atoms with Gasteiger partial charge in [0.15, 0.2) is 5.76 Å². The molecule has 0 aliphatic carbocycles. The number of hydrogen-bond acceptors (Lipinski definition) is 5. The molecule has 1 aliphatic rings. The molecule has 29 heavy (non-hydrogen) atoms. The summed E-state index contributed by atoms with van der Waals surface area (Å²) in [5, 5.41) is 11.5. The summed E-state index contributed by atoms with van der Waals surface area (Å²) in [4.78, 5) is 32.7. The van der Waals surface area contributed by atoms with E-state index in [9.17, 15) is 14.7 Å². The first-order valence-corrected chi connectivity index (χ1v) is 10.6. The van der Waals surface area contributed by atoms with E-state index in [2.05, 4.69) is 20.9 Å². The smallest absolute Gasteiger partial charge is 0.294 e. The molecule has 1 N–H and O–H groups in total. The largest absolute Gasteiger partial charge is 0.503 e. The van der Waals surface area contributed by atoms with Crippen molar-refractivity contribution >= 4 is 44.6 Å². The van der Waals surface area contributed by atoms with Crippen molar-refractivity contribution in [2.75, 3.05) is 4.90 Å². The highest BCUT2D eigenvalue weighted by atomic mass is 79.9. The molecule has 7 heteroatoms. The van der Waals surface area contributed by atoms with Crippen molar-refractivity contribution < 1.29 is 14.7 Å². The topological polar surface area (TPSA) is 70.5 Å². The first kappa shape index (κ1) is 19.5. The van der Waals surface area contributed by atoms with Gasteiger partial charge in [0.05, 0.1) is 27.2 Å². The molecule has 2 heterocycles. The highest BCUT2D eigenvalue weighted by molar-refractivity contribution is 9.10. The van der Waals surface area contributed by atoms with Crippen LogP contribution in [0.2, 0.25) is 0 Å². The van der Waals surface area contributed by atoms with Gasteiger partial charge in [-0.05, 0) is 37.6 Å². The zero-order chi connectivity index (χ0) is 20.7. The number of ketones is 1. The van der Waals surface area contributed by atoms with E-state index >= 15 is 0 Å². The highest BCUT2D eigenvalue weighted by Crippen LogP contribution is 2.43. The van der Waals surface area contributed by atoms with Crippen LogP contribution in [-0.2, 0) is 4.79 Å². The first-order chi connectivity index (χ1) is 13.9. The maximum atomic E-state index is 13.4. The fourth-order valence-electron chi connectivity index (χ4n) is 3.54. The van der Waals surface area contributed by atoms with E-state index in [-0.39, 0.29) is 11.4 Å². The number of carbonyl (C=O) groups is 2. The van der Waals surface area contributed by atoms with E-state index in [1.54, 1.807) is 19.1 Å². The minimum absolute atomic E-state index is 0.0768. The van der Waals surface area contributed by atoms with Crippen LogP contribution in [0.15, 0.2) is 70.4 Å². The summed E-state index contributed by atoms with van der Waals surface area (Å²) in [5.74, 6) is -1.49. The van der Waals surface area contributed by atoms with Gasteiger partial charge in [-0.3, -0.25) is 14.5 Å². The number of benzene rings is 2. The molecule has 1 atom stereocenters. The van der Waals surface area contributed by atoms with Crippen LogP contribution in [0.5, 0.6) is 0 Å². The van der Waals surface area contributed by atoms with Crippen molar-refractivity contribution in [3.8, 4) is 0 Å². The Morgan fingerprint density at radius 2 is 1.86 bits per heavy atom. The van der Waals surface area contributed by atoms with Crippen LogP contribution in [0.25, 0.3) is 0 Å². The lowest BCUT2D eigenvalue weighted by Gasteiger charge is -2.27. The number of thiazole rings is 1. The second-order valence-corrected chi connectivity index (χ2v) is 8.83. The Labute approximate surface area is 180 Å². The Balaban J connectivity index is 1.90. The van der Waals surface area contributed by atoms with Crippen molar-refractivity contribution in [3.05, 3.63) is 91.5 Å². The fraction of sp³-hybridized carbons (Fsp3) is 0.136. The third kappa shape index (κ3) is 3.41. The van der Waals surface area contributed by atoms with Gasteiger partial charge in [0.25, 0.3) is 5.91 Å². The standard InChI is InChI=1S/C22H17BrN2O3S/c1-12-21(29-13(2)24-12)19(26)17-18(14-7-4-3-5-8-14)25(22(28)20(17)27)16-10-6-9-15(23)11-16/h3-11,18,27H,1-2H3. The number of halogens is 1. The zero-order valence-electron chi connectivity index (χ0n) is 15.7. The summed E-state index contributed by atoms with van der Waals surface area (Å²) in [6, 6.07) is 15.7. The molecule has 1 aromatic heterocycles. The van der Waals surface area contributed by atoms with Crippen molar-refractivity contribution in [2.45, 2.75) is 19.9 Å². The third-order valence-electron chi connectivity index (χ3n) is 4.76. The van der Waals surface area contributed by atoms with Crippen LogP contribution in [0.4, 0.5) is 5.69 Å². The SMILES string of the molecule is Cc1nc(C)c(C(=O)C2=C(O)C(=O)N(c3cccc(Br)c3)C2c2ccccc2)s1. The van der Waals surface area contributed by atoms with Crippen LogP contribution in [0, 0.1) is 13.8 Å². The molecule has 1 unspecified atom stereocenters. The van der Waals surface area contributed by atoms with Crippen molar-refractivity contribution in [1.82, 2.24) is 4.98 Å². The molecule has 146 valence electrons. The van der Waals surface area contributed by atoms with Crippen molar-refractivity contribution in [2.24, 2.45) is 0 Å². The molecule has 4 rings (SSSR count). The van der Waals surface area contributed by atoms with Crippen molar-refractivity contribution in [1.29, 1.82) is 0 Å². The number of aliphatic hydroxyl groups excluding tert-OH is 1. The number of carbonyl (C=O) groups excluding carboxylic acids is 2. The lowest BCUT2D eigenvalue weighted by Crippen LogP contribution is -2.31. The van der Waals surface area contributed by atoms with Gasteiger partial charge in [-0.1, -0.05) is 52.3 Å². The minimum Gasteiger partial charge on any atom is -0.503 e. The lowest BCUT2D eigenvalue weighted by molar-refractivity contribution is -0.117. The first-order valence-electron chi connectivity index (χ1n) is 8.94. The molecule has 1 aliphatic heterocycles. The van der Waals surface area contributed by atoms with Crippen LogP contribution >= 0.6 is 27.3 Å². The van der Waals surface area contributed by atoms with Gasteiger partial charge >= 0.3 is 0 Å². The molecular weight excluding hydrogens is 452 g/mol. The molecule has 0 fully saturated rings. The monoisotopic (exact) mass is 468 g/mol. The Hall–Kier alpha value is -2.77. The molecule has 3 aromatic rings. The molecule has 0 radical (unpaired) electrons. The zero-order valence-corrected chi connectivity index (χ0v) is 18.1. The molecule has 5 nitrogen and oxygen atoms in total. The van der Waals surface area contributed by atoms with E-state index < -0.39 is 17.7 Å². The van der Waals surface area contributed by atoms with Gasteiger partial charge in [0, 0.05) is 10.2 Å². The Bertz CT molecular complexity index is 1150. The predicted octanol–water partition coefficient (Wildman–Crippen LogP) is 5.31. The number of aromatic nitrogens is 1. The number of hydrogen-bond donors (Lipinski definition) is 1. The maximum Gasteiger partial charge on any atom is 0.294 e. The number of rotatable bonds is 4. The van der Waals surface area contributed by atoms with E-state index in [4.69, 9.17) is 0 Å². The number of anilines is 1. The van der Waals surface area contributed by atoms with Crippen LogP contribution < -0.4 is 4.90 Å². The van der Waals surface area contributed by atoms with E-state index in [1.165, 1.54) is 16.2 Å². The average molecular weight is 469 g/mol. The van der Waals surface area contributed by atoms with Gasteiger partial charge in [-0.15, -0.1) is 11.3 Å². The summed E-state index contributed by atoms with van der Waals surface area (Å²) < 4.78 is 0.794. The van der Waals surface area contributed by atoms with Crippen LogP contribution in [-0.4, -0.2) is 21.8 Å². The minimum atomic E-state index is -0.729. The second kappa shape index (κ2) is 7.57. The van der Waals surface area contributed by atoms with Gasteiger partial charge in [0.1, 0.15) is 0 Å². The maximum absolute atomic E-state index is 13.4. The number of aliphatic hydroxyl groups is 1. The van der Waals surface area contributed by atoms with Gasteiger partial charge < -0.3 is 5.11 Å². The molecule has 1 amide bonds. The van der Waals surface area contributed by atoms with Crippen LogP contribution in [0.3, 0.4) is 0 Å². The molecular formula is C22H17BrN2O3S. The normalized spacial score (nSPS) is 16.6. The molecule has 0 saturated heterocycles. The predicted molar refractivity (Wildman–Crippen MR) is 116 cm³/mol. The highest BCUT2D eigenvalue weighted by Gasteiger charge is 2.45. The molecule has 0 spiro atoms. The number of aryl methyl sites for hydroxylation is 2. The lowest BCUT2D eigenvalue weighted by atomic mass is 9.95. The van der Waals surface area contributed by atoms with Crippen LogP contribution in [0.1, 0.15) is 32.0 Å². The molecule has 2 aromatic carbocycles. The average Bonchev–Trinajstić information content (AvgIpc) is 3.18. The second-order valence-electron chi connectivity index (χ2n) is 6.71. The van der Waals surface area contributed by atoms with Gasteiger partial charge in [-0.25, -0.2) is 4.98 Å². The Kier molecular flexibility index (Phi) is 5.10. The fourth-order valence-corrected chi connectivity index (χ4v) is 4.81.